The Kier molecular flexibility index (Phi) is 5.61. The Balaban J connectivity index is 2.41. The molecule has 4 nitrogen and oxygen atoms in total. The molecule has 0 spiro atoms. The molecule has 0 aliphatic heterocycles. The summed E-state index contributed by atoms with van der Waals surface area (Å²) in [4.78, 5) is 0.365. The van der Waals surface area contributed by atoms with Gasteiger partial charge in [0.15, 0.2) is 9.84 Å². The van der Waals surface area contributed by atoms with Crippen molar-refractivity contribution in [2.75, 3.05) is 19.3 Å². The van der Waals surface area contributed by atoms with Crippen LogP contribution in [0.5, 0.6) is 0 Å². The average Bonchev–Trinajstić information content (AvgIpc) is 2.28. The van der Waals surface area contributed by atoms with E-state index in [9.17, 15) is 8.42 Å². The zero-order chi connectivity index (χ0) is 12.7. The SMILES string of the molecule is CS(=O)(=O)c1ccc(CNCCCCN)cc1. The van der Waals surface area contributed by atoms with Crippen LogP contribution in [-0.2, 0) is 16.4 Å². The maximum atomic E-state index is 11.2. The van der Waals surface area contributed by atoms with Gasteiger partial charge in [-0.15, -0.1) is 0 Å². The topological polar surface area (TPSA) is 72.2 Å². The predicted molar refractivity (Wildman–Crippen MR) is 69.5 cm³/mol. The summed E-state index contributed by atoms with van der Waals surface area (Å²) < 4.78 is 22.5. The van der Waals surface area contributed by atoms with Crippen molar-refractivity contribution in [3.8, 4) is 0 Å². The molecule has 0 unspecified atom stereocenters. The third kappa shape index (κ3) is 5.30. The van der Waals surface area contributed by atoms with Crippen LogP contribution in [0, 0.1) is 0 Å². The molecule has 1 aromatic rings. The molecule has 96 valence electrons. The summed E-state index contributed by atoms with van der Waals surface area (Å²) in [6.45, 7) is 2.42. The van der Waals surface area contributed by atoms with Gasteiger partial charge in [-0.25, -0.2) is 8.42 Å². The smallest absolute Gasteiger partial charge is 0.175 e. The number of unbranched alkanes of at least 4 members (excludes halogenated alkanes) is 1. The lowest BCUT2D eigenvalue weighted by Crippen LogP contribution is -2.15. The number of hydrogen-bond acceptors (Lipinski definition) is 4. The summed E-state index contributed by atoms with van der Waals surface area (Å²) in [7, 11) is -3.09. The van der Waals surface area contributed by atoms with Gasteiger partial charge in [-0.3, -0.25) is 0 Å². The van der Waals surface area contributed by atoms with Gasteiger partial charge >= 0.3 is 0 Å². The van der Waals surface area contributed by atoms with Crippen LogP contribution in [0.4, 0.5) is 0 Å². The predicted octanol–water partition coefficient (Wildman–Crippen LogP) is 0.919. The normalized spacial score (nSPS) is 11.6. The van der Waals surface area contributed by atoms with E-state index < -0.39 is 9.84 Å². The molecule has 0 aromatic heterocycles. The molecule has 1 rings (SSSR count). The van der Waals surface area contributed by atoms with Crippen molar-refractivity contribution in [3.05, 3.63) is 29.8 Å². The van der Waals surface area contributed by atoms with Crippen molar-refractivity contribution >= 4 is 9.84 Å². The lowest BCUT2D eigenvalue weighted by atomic mass is 10.2. The van der Waals surface area contributed by atoms with Gasteiger partial charge in [0.2, 0.25) is 0 Å². The number of benzene rings is 1. The highest BCUT2D eigenvalue weighted by Gasteiger charge is 2.05. The standard InChI is InChI=1S/C12H20N2O2S/c1-17(15,16)12-6-4-11(5-7-12)10-14-9-3-2-8-13/h4-7,14H,2-3,8-10,13H2,1H3. The van der Waals surface area contributed by atoms with Crippen molar-refractivity contribution in [3.63, 3.8) is 0 Å². The molecule has 0 heterocycles. The van der Waals surface area contributed by atoms with Crippen LogP contribution in [0.1, 0.15) is 18.4 Å². The lowest BCUT2D eigenvalue weighted by Gasteiger charge is -2.05. The zero-order valence-electron chi connectivity index (χ0n) is 10.1. The van der Waals surface area contributed by atoms with Crippen LogP contribution in [0.3, 0.4) is 0 Å². The highest BCUT2D eigenvalue weighted by Crippen LogP contribution is 2.10. The van der Waals surface area contributed by atoms with Crippen molar-refractivity contribution in [2.24, 2.45) is 5.73 Å². The van der Waals surface area contributed by atoms with E-state index in [0.717, 1.165) is 38.0 Å². The molecule has 0 aliphatic carbocycles. The van der Waals surface area contributed by atoms with E-state index in [2.05, 4.69) is 5.32 Å². The van der Waals surface area contributed by atoms with Crippen molar-refractivity contribution in [1.29, 1.82) is 0 Å². The fourth-order valence-electron chi connectivity index (χ4n) is 1.48. The Morgan fingerprint density at radius 3 is 2.35 bits per heavy atom. The minimum Gasteiger partial charge on any atom is -0.330 e. The molecular formula is C12H20N2O2S. The average molecular weight is 256 g/mol. The van der Waals surface area contributed by atoms with Crippen LogP contribution < -0.4 is 11.1 Å². The molecule has 0 aliphatic rings. The van der Waals surface area contributed by atoms with Gasteiger partial charge in [0, 0.05) is 12.8 Å². The monoisotopic (exact) mass is 256 g/mol. The molecule has 0 atom stereocenters. The highest BCUT2D eigenvalue weighted by atomic mass is 32.2. The highest BCUT2D eigenvalue weighted by molar-refractivity contribution is 7.90. The summed E-state index contributed by atoms with van der Waals surface area (Å²) in [5, 5.41) is 3.29. The molecule has 17 heavy (non-hydrogen) atoms. The number of sulfone groups is 1. The fourth-order valence-corrected chi connectivity index (χ4v) is 2.11. The second kappa shape index (κ2) is 6.74. The van der Waals surface area contributed by atoms with E-state index >= 15 is 0 Å². The molecule has 3 N–H and O–H groups in total. The molecule has 0 radical (unpaired) electrons. The molecule has 0 bridgehead atoms. The van der Waals surface area contributed by atoms with Gasteiger partial charge in [-0.1, -0.05) is 12.1 Å². The third-order valence-electron chi connectivity index (χ3n) is 2.49. The van der Waals surface area contributed by atoms with Crippen LogP contribution in [0.25, 0.3) is 0 Å². The molecule has 0 saturated heterocycles. The summed E-state index contributed by atoms with van der Waals surface area (Å²) in [5.74, 6) is 0. The van der Waals surface area contributed by atoms with Gasteiger partial charge < -0.3 is 11.1 Å². The number of rotatable bonds is 7. The first-order chi connectivity index (χ1) is 8.04. The van der Waals surface area contributed by atoms with E-state index in [1.165, 1.54) is 6.26 Å². The Labute approximate surface area is 103 Å². The van der Waals surface area contributed by atoms with E-state index in [-0.39, 0.29) is 0 Å². The number of nitrogens with one attached hydrogen (secondary N) is 1. The molecule has 0 amide bonds. The van der Waals surface area contributed by atoms with E-state index in [4.69, 9.17) is 5.73 Å². The second-order valence-electron chi connectivity index (χ2n) is 4.09. The van der Waals surface area contributed by atoms with Gasteiger partial charge in [0.05, 0.1) is 4.90 Å². The van der Waals surface area contributed by atoms with Crippen molar-refractivity contribution in [1.82, 2.24) is 5.32 Å². The molecule has 0 fully saturated rings. The third-order valence-corrected chi connectivity index (χ3v) is 3.62. The summed E-state index contributed by atoms with van der Waals surface area (Å²) in [6.07, 6.45) is 3.31. The summed E-state index contributed by atoms with van der Waals surface area (Å²) >= 11 is 0. The Hall–Kier alpha value is -0.910. The second-order valence-corrected chi connectivity index (χ2v) is 6.10. The molecule has 0 saturated carbocycles. The van der Waals surface area contributed by atoms with Crippen LogP contribution in [0.15, 0.2) is 29.2 Å². The maximum absolute atomic E-state index is 11.2. The maximum Gasteiger partial charge on any atom is 0.175 e. The van der Waals surface area contributed by atoms with Crippen LogP contribution in [-0.4, -0.2) is 27.8 Å². The lowest BCUT2D eigenvalue weighted by molar-refractivity contribution is 0.601. The molecule has 5 heteroatoms. The van der Waals surface area contributed by atoms with E-state index in [1.54, 1.807) is 12.1 Å². The van der Waals surface area contributed by atoms with Crippen molar-refractivity contribution < 1.29 is 8.42 Å². The Morgan fingerprint density at radius 1 is 1.18 bits per heavy atom. The van der Waals surface area contributed by atoms with Crippen LogP contribution >= 0.6 is 0 Å². The molecular weight excluding hydrogens is 236 g/mol. The summed E-state index contributed by atoms with van der Waals surface area (Å²) in [5.41, 5.74) is 6.48. The largest absolute Gasteiger partial charge is 0.330 e. The summed E-state index contributed by atoms with van der Waals surface area (Å²) in [6, 6.07) is 6.97. The first-order valence-electron chi connectivity index (χ1n) is 5.74. The fraction of sp³-hybridized carbons (Fsp3) is 0.500. The Bertz CT molecular complexity index is 426. The number of hydrogen-bond donors (Lipinski definition) is 2. The van der Waals surface area contributed by atoms with E-state index in [0.29, 0.717) is 4.90 Å². The van der Waals surface area contributed by atoms with Gasteiger partial charge in [0.25, 0.3) is 0 Å². The zero-order valence-corrected chi connectivity index (χ0v) is 11.0. The van der Waals surface area contributed by atoms with E-state index in [1.807, 2.05) is 12.1 Å². The van der Waals surface area contributed by atoms with Crippen molar-refractivity contribution in [2.45, 2.75) is 24.3 Å². The minimum absolute atomic E-state index is 0.365. The quantitative estimate of drug-likeness (QED) is 0.712. The minimum atomic E-state index is -3.09. The first-order valence-corrected chi connectivity index (χ1v) is 7.63. The molecule has 1 aromatic carbocycles. The van der Waals surface area contributed by atoms with Gasteiger partial charge in [-0.2, -0.15) is 0 Å². The Morgan fingerprint density at radius 2 is 1.82 bits per heavy atom. The number of nitrogens with two attached hydrogens (primary N) is 1. The first kappa shape index (κ1) is 14.2. The van der Waals surface area contributed by atoms with Gasteiger partial charge in [-0.05, 0) is 43.6 Å². The van der Waals surface area contributed by atoms with Crippen LogP contribution in [0.2, 0.25) is 0 Å². The van der Waals surface area contributed by atoms with Gasteiger partial charge in [0.1, 0.15) is 0 Å².